The lowest BCUT2D eigenvalue weighted by molar-refractivity contribution is -0.114. The number of rotatable bonds is 6. The maximum absolute atomic E-state index is 13.0. The van der Waals surface area contributed by atoms with Crippen molar-refractivity contribution in [1.29, 1.82) is 0 Å². The van der Waals surface area contributed by atoms with Crippen molar-refractivity contribution in [2.24, 2.45) is 14.1 Å². The summed E-state index contributed by atoms with van der Waals surface area (Å²) in [5.74, 6) is -0.000522. The van der Waals surface area contributed by atoms with Gasteiger partial charge < -0.3 is 4.74 Å². The molecule has 1 aliphatic rings. The molecular formula is C21H26N4O4. The van der Waals surface area contributed by atoms with Crippen molar-refractivity contribution in [2.45, 2.75) is 0 Å². The predicted octanol–water partition coefficient (Wildman–Crippen LogP) is 0.463. The lowest BCUT2D eigenvalue weighted by Gasteiger charge is -2.30. The van der Waals surface area contributed by atoms with Gasteiger partial charge in [0.2, 0.25) is 0 Å². The molecule has 2 aromatic rings. The fourth-order valence-corrected chi connectivity index (χ4v) is 3.21. The minimum atomic E-state index is -0.469. The van der Waals surface area contributed by atoms with Crippen molar-refractivity contribution < 1.29 is 9.53 Å². The summed E-state index contributed by atoms with van der Waals surface area (Å²) in [6.07, 6.45) is 3.19. The summed E-state index contributed by atoms with van der Waals surface area (Å²) in [4.78, 5) is 41.3. The Hall–Kier alpha value is -2.97. The summed E-state index contributed by atoms with van der Waals surface area (Å²) >= 11 is 0. The van der Waals surface area contributed by atoms with Crippen molar-refractivity contribution >= 4 is 17.8 Å². The maximum Gasteiger partial charge on any atom is 0.332 e. The minimum absolute atomic E-state index is 0.286. The van der Waals surface area contributed by atoms with Gasteiger partial charge >= 0.3 is 5.69 Å². The van der Waals surface area contributed by atoms with Crippen LogP contribution in [0.25, 0.3) is 6.08 Å². The predicted molar refractivity (Wildman–Crippen MR) is 112 cm³/mol. The Balaban J connectivity index is 1.89. The first kappa shape index (κ1) is 20.8. The molecule has 0 spiro atoms. The third kappa shape index (κ3) is 5.10. The summed E-state index contributed by atoms with van der Waals surface area (Å²) in [6, 6.07) is 10.8. The van der Waals surface area contributed by atoms with Crippen molar-refractivity contribution in [3.05, 3.63) is 68.9 Å². The van der Waals surface area contributed by atoms with Crippen LogP contribution in [0.5, 0.6) is 0 Å². The molecule has 0 unspecified atom stereocenters. The standard InChI is InChI=1S/C21H26N4O4/c1-22-18(16-20(27)23(2)21(22)28)25(11-10-24-12-14-29-15-13-24)19(26)9-8-17-6-4-3-5-7-17/h3-9,16H,10-15H2,1-2H3. The lowest BCUT2D eigenvalue weighted by atomic mass is 10.2. The van der Waals surface area contributed by atoms with Crippen LogP contribution in [0.15, 0.2) is 52.1 Å². The topological polar surface area (TPSA) is 76.8 Å². The second kappa shape index (κ2) is 9.49. The van der Waals surface area contributed by atoms with Crippen LogP contribution >= 0.6 is 0 Å². The molecule has 0 saturated carbocycles. The average molecular weight is 398 g/mol. The first-order valence-electron chi connectivity index (χ1n) is 9.59. The van der Waals surface area contributed by atoms with Crippen LogP contribution in [0.2, 0.25) is 0 Å². The van der Waals surface area contributed by atoms with Crippen LogP contribution in [0.4, 0.5) is 5.82 Å². The molecule has 3 rings (SSSR count). The number of carbonyl (C=O) groups excluding carboxylic acids is 1. The Kier molecular flexibility index (Phi) is 6.79. The number of hydrogen-bond acceptors (Lipinski definition) is 5. The van der Waals surface area contributed by atoms with Crippen LogP contribution in [-0.2, 0) is 23.6 Å². The molecule has 0 radical (unpaired) electrons. The molecule has 0 aliphatic carbocycles. The Bertz CT molecular complexity index is 988. The van der Waals surface area contributed by atoms with Crippen LogP contribution in [0.3, 0.4) is 0 Å². The second-order valence-electron chi connectivity index (χ2n) is 6.93. The number of nitrogens with zero attached hydrogens (tertiary/aromatic N) is 4. The molecule has 0 N–H and O–H groups in total. The van der Waals surface area contributed by atoms with Crippen molar-refractivity contribution in [3.8, 4) is 0 Å². The number of aromatic nitrogens is 2. The molecule has 2 heterocycles. The molecule has 8 heteroatoms. The number of morpholine rings is 1. The summed E-state index contributed by atoms with van der Waals surface area (Å²) < 4.78 is 7.72. The molecule has 1 fully saturated rings. The highest BCUT2D eigenvalue weighted by Gasteiger charge is 2.20. The van der Waals surface area contributed by atoms with E-state index in [9.17, 15) is 14.4 Å². The SMILES string of the molecule is Cn1c(N(CCN2CCOCC2)C(=O)C=Cc2ccccc2)cc(=O)n(C)c1=O. The molecule has 154 valence electrons. The number of hydrogen-bond donors (Lipinski definition) is 0. The highest BCUT2D eigenvalue weighted by atomic mass is 16.5. The van der Waals surface area contributed by atoms with Gasteiger partial charge in [-0.1, -0.05) is 30.3 Å². The number of anilines is 1. The van der Waals surface area contributed by atoms with E-state index in [0.29, 0.717) is 26.3 Å². The van der Waals surface area contributed by atoms with E-state index < -0.39 is 11.2 Å². The van der Waals surface area contributed by atoms with Gasteiger partial charge in [-0.25, -0.2) is 4.79 Å². The zero-order valence-electron chi connectivity index (χ0n) is 16.8. The fraction of sp³-hybridized carbons (Fsp3) is 0.381. The lowest BCUT2D eigenvalue weighted by Crippen LogP contribution is -2.46. The van der Waals surface area contributed by atoms with E-state index >= 15 is 0 Å². The van der Waals surface area contributed by atoms with Gasteiger partial charge in [-0.2, -0.15) is 0 Å². The number of amides is 1. The highest BCUT2D eigenvalue weighted by molar-refractivity contribution is 6.03. The minimum Gasteiger partial charge on any atom is -0.379 e. The van der Waals surface area contributed by atoms with Crippen LogP contribution < -0.4 is 16.1 Å². The summed E-state index contributed by atoms with van der Waals surface area (Å²) in [7, 11) is 2.98. The van der Waals surface area contributed by atoms with Gasteiger partial charge in [0.15, 0.2) is 0 Å². The maximum atomic E-state index is 13.0. The largest absolute Gasteiger partial charge is 0.379 e. The van der Waals surface area contributed by atoms with Gasteiger partial charge in [-0.05, 0) is 11.6 Å². The van der Waals surface area contributed by atoms with Crippen LogP contribution in [0.1, 0.15) is 5.56 Å². The summed E-state index contributed by atoms with van der Waals surface area (Å²) in [6.45, 7) is 3.88. The zero-order valence-corrected chi connectivity index (χ0v) is 16.8. The molecule has 1 aliphatic heterocycles. The number of carbonyl (C=O) groups is 1. The van der Waals surface area contributed by atoms with Gasteiger partial charge in [0.1, 0.15) is 5.82 Å². The van der Waals surface area contributed by atoms with E-state index in [4.69, 9.17) is 4.74 Å². The van der Waals surface area contributed by atoms with E-state index in [2.05, 4.69) is 4.90 Å². The molecule has 0 bridgehead atoms. The third-order valence-corrected chi connectivity index (χ3v) is 5.00. The highest BCUT2D eigenvalue weighted by Crippen LogP contribution is 2.12. The van der Waals surface area contributed by atoms with Crippen molar-refractivity contribution in [1.82, 2.24) is 14.0 Å². The van der Waals surface area contributed by atoms with E-state index in [-0.39, 0.29) is 11.7 Å². The summed E-state index contributed by atoms with van der Waals surface area (Å²) in [5.41, 5.74) is -0.0186. The molecule has 1 aromatic heterocycles. The van der Waals surface area contributed by atoms with Gasteiger partial charge in [-0.3, -0.25) is 28.5 Å². The Morgan fingerprint density at radius 2 is 1.79 bits per heavy atom. The van der Waals surface area contributed by atoms with Gasteiger partial charge in [0.25, 0.3) is 11.5 Å². The van der Waals surface area contributed by atoms with E-state index in [1.165, 1.54) is 28.7 Å². The first-order chi connectivity index (χ1) is 14.0. The van der Waals surface area contributed by atoms with Gasteiger partial charge in [0.05, 0.1) is 13.2 Å². The van der Waals surface area contributed by atoms with Crippen LogP contribution in [-0.4, -0.2) is 59.3 Å². The Morgan fingerprint density at radius 1 is 1.10 bits per heavy atom. The monoisotopic (exact) mass is 398 g/mol. The average Bonchev–Trinajstić information content (AvgIpc) is 2.75. The molecule has 1 aromatic carbocycles. The number of ether oxygens (including phenoxy) is 1. The zero-order chi connectivity index (χ0) is 20.8. The van der Waals surface area contributed by atoms with Gasteiger partial charge in [-0.15, -0.1) is 0 Å². The first-order valence-corrected chi connectivity index (χ1v) is 9.59. The van der Waals surface area contributed by atoms with E-state index in [1.807, 2.05) is 30.3 Å². The van der Waals surface area contributed by atoms with Crippen molar-refractivity contribution in [3.63, 3.8) is 0 Å². The Labute approximate surface area is 169 Å². The Morgan fingerprint density at radius 3 is 2.48 bits per heavy atom. The summed E-state index contributed by atoms with van der Waals surface area (Å²) in [5, 5.41) is 0. The second-order valence-corrected chi connectivity index (χ2v) is 6.93. The third-order valence-electron chi connectivity index (χ3n) is 5.00. The molecular weight excluding hydrogens is 372 g/mol. The van der Waals surface area contributed by atoms with Gasteiger partial charge in [0, 0.05) is 52.4 Å². The molecule has 1 amide bonds. The normalized spacial score (nSPS) is 15.0. The fourth-order valence-electron chi connectivity index (χ4n) is 3.21. The molecule has 0 atom stereocenters. The van der Waals surface area contributed by atoms with E-state index in [1.54, 1.807) is 13.1 Å². The number of benzene rings is 1. The molecule has 1 saturated heterocycles. The molecule has 8 nitrogen and oxygen atoms in total. The smallest absolute Gasteiger partial charge is 0.332 e. The quantitative estimate of drug-likeness (QED) is 0.661. The molecule has 29 heavy (non-hydrogen) atoms. The van der Waals surface area contributed by atoms with Crippen molar-refractivity contribution in [2.75, 3.05) is 44.3 Å². The van der Waals surface area contributed by atoms with E-state index in [0.717, 1.165) is 23.2 Å². The van der Waals surface area contributed by atoms with Crippen LogP contribution in [0, 0.1) is 0 Å².